The highest BCUT2D eigenvalue weighted by Crippen LogP contribution is 2.22. The first-order chi connectivity index (χ1) is 14.5. The number of hydrogen-bond acceptors (Lipinski definition) is 5. The minimum atomic E-state index is -3.68. The second-order valence-electron chi connectivity index (χ2n) is 7.21. The van der Waals surface area contributed by atoms with Gasteiger partial charge in [0.25, 0.3) is 15.9 Å². The summed E-state index contributed by atoms with van der Waals surface area (Å²) in [4.78, 5) is 12.3. The van der Waals surface area contributed by atoms with Crippen LogP contribution in [-0.2, 0) is 16.4 Å². The molecule has 0 spiro atoms. The van der Waals surface area contributed by atoms with Crippen LogP contribution < -0.4 is 5.32 Å². The number of nitrogens with one attached hydrogen (secondary N) is 1. The SMILES string of the molecule is O=C(NCCc1ccc(-n2cccn2)cc1)c1ccc(S(=O)(=O)N2CCCCC2)o1. The van der Waals surface area contributed by atoms with Crippen molar-refractivity contribution in [3.63, 3.8) is 0 Å². The number of nitrogens with zero attached hydrogens (tertiary/aromatic N) is 3. The first-order valence-electron chi connectivity index (χ1n) is 10.0. The third-order valence-corrected chi connectivity index (χ3v) is 6.89. The molecule has 9 heteroatoms. The van der Waals surface area contributed by atoms with Gasteiger partial charge in [0, 0.05) is 32.0 Å². The van der Waals surface area contributed by atoms with Crippen molar-refractivity contribution in [3.8, 4) is 5.69 Å². The van der Waals surface area contributed by atoms with Crippen molar-refractivity contribution in [2.45, 2.75) is 30.8 Å². The van der Waals surface area contributed by atoms with E-state index in [0.29, 0.717) is 26.1 Å². The van der Waals surface area contributed by atoms with Crippen molar-refractivity contribution in [2.24, 2.45) is 0 Å². The summed E-state index contributed by atoms with van der Waals surface area (Å²) >= 11 is 0. The lowest BCUT2D eigenvalue weighted by atomic mass is 10.1. The maximum atomic E-state index is 12.6. The van der Waals surface area contributed by atoms with E-state index in [1.807, 2.05) is 36.5 Å². The number of piperidine rings is 1. The average molecular weight is 429 g/mol. The molecule has 0 saturated carbocycles. The summed E-state index contributed by atoms with van der Waals surface area (Å²) in [6.07, 6.45) is 6.96. The minimum absolute atomic E-state index is 0.000357. The number of sulfonamides is 1. The zero-order valence-electron chi connectivity index (χ0n) is 16.5. The molecule has 0 aliphatic carbocycles. The van der Waals surface area contributed by atoms with Crippen LogP contribution in [-0.4, -0.2) is 48.0 Å². The third kappa shape index (κ3) is 4.47. The molecule has 0 unspecified atom stereocenters. The summed E-state index contributed by atoms with van der Waals surface area (Å²) in [5.74, 6) is -0.428. The largest absolute Gasteiger partial charge is 0.438 e. The molecule has 0 atom stereocenters. The summed E-state index contributed by atoms with van der Waals surface area (Å²) in [5.41, 5.74) is 2.03. The van der Waals surface area contributed by atoms with Gasteiger partial charge in [-0.05, 0) is 55.2 Å². The molecule has 1 amide bonds. The van der Waals surface area contributed by atoms with Crippen LogP contribution in [0.3, 0.4) is 0 Å². The Morgan fingerprint density at radius 1 is 1.07 bits per heavy atom. The van der Waals surface area contributed by atoms with E-state index < -0.39 is 15.9 Å². The third-order valence-electron chi connectivity index (χ3n) is 5.12. The molecular formula is C21H24N4O4S. The zero-order valence-corrected chi connectivity index (χ0v) is 17.3. The summed E-state index contributed by atoms with van der Waals surface area (Å²) in [5, 5.41) is 6.79. The number of carbonyl (C=O) groups excluding carboxylic acids is 1. The van der Waals surface area contributed by atoms with Crippen molar-refractivity contribution in [1.29, 1.82) is 0 Å². The van der Waals surface area contributed by atoms with Gasteiger partial charge in [-0.3, -0.25) is 4.79 Å². The Labute approximate surface area is 175 Å². The molecule has 1 saturated heterocycles. The fraction of sp³-hybridized carbons (Fsp3) is 0.333. The average Bonchev–Trinajstić information content (AvgIpc) is 3.48. The molecule has 8 nitrogen and oxygen atoms in total. The highest BCUT2D eigenvalue weighted by atomic mass is 32.2. The van der Waals surface area contributed by atoms with Crippen molar-refractivity contribution in [1.82, 2.24) is 19.4 Å². The standard InChI is InChI=1S/C21H24N4O4S/c26-21(19-9-10-20(29-19)30(27,28)24-14-2-1-3-15-24)22-13-11-17-5-7-18(8-6-17)25-16-4-12-23-25/h4-10,12,16H,1-3,11,13-15H2,(H,22,26). The maximum absolute atomic E-state index is 12.6. The van der Waals surface area contributed by atoms with Gasteiger partial charge in [-0.25, -0.2) is 13.1 Å². The Hall–Kier alpha value is -2.91. The predicted octanol–water partition coefficient (Wildman–Crippen LogP) is 2.61. The quantitative estimate of drug-likeness (QED) is 0.624. The van der Waals surface area contributed by atoms with Crippen molar-refractivity contribution in [3.05, 3.63) is 66.2 Å². The van der Waals surface area contributed by atoms with Crippen LogP contribution in [0.25, 0.3) is 5.69 Å². The van der Waals surface area contributed by atoms with E-state index in [-0.39, 0.29) is 10.9 Å². The van der Waals surface area contributed by atoms with Gasteiger partial charge in [0.2, 0.25) is 5.09 Å². The predicted molar refractivity (Wildman–Crippen MR) is 111 cm³/mol. The molecular weight excluding hydrogens is 404 g/mol. The topological polar surface area (TPSA) is 97.4 Å². The molecule has 0 bridgehead atoms. The first kappa shape index (κ1) is 20.4. The van der Waals surface area contributed by atoms with Crippen LogP contribution in [0.4, 0.5) is 0 Å². The molecule has 1 aliphatic rings. The van der Waals surface area contributed by atoms with E-state index in [2.05, 4.69) is 10.4 Å². The van der Waals surface area contributed by atoms with Gasteiger partial charge in [-0.2, -0.15) is 9.40 Å². The van der Waals surface area contributed by atoms with Crippen LogP contribution in [0.5, 0.6) is 0 Å². The summed E-state index contributed by atoms with van der Waals surface area (Å²) < 4.78 is 33.8. The molecule has 158 valence electrons. The van der Waals surface area contributed by atoms with Crippen LogP contribution in [0.15, 0.2) is 64.4 Å². The van der Waals surface area contributed by atoms with Crippen molar-refractivity contribution < 1.29 is 17.6 Å². The number of furan rings is 1. The lowest BCUT2D eigenvalue weighted by Gasteiger charge is -2.24. The van der Waals surface area contributed by atoms with Gasteiger partial charge in [-0.1, -0.05) is 18.6 Å². The van der Waals surface area contributed by atoms with Gasteiger partial charge in [0.15, 0.2) is 5.76 Å². The summed E-state index contributed by atoms with van der Waals surface area (Å²) in [6, 6.07) is 12.5. The number of carbonyl (C=O) groups is 1. The fourth-order valence-corrected chi connectivity index (χ4v) is 4.89. The molecule has 3 heterocycles. The van der Waals surface area contributed by atoms with Crippen LogP contribution >= 0.6 is 0 Å². The van der Waals surface area contributed by atoms with E-state index in [1.54, 1.807) is 10.9 Å². The van der Waals surface area contributed by atoms with Gasteiger partial charge in [0.1, 0.15) is 0 Å². The fourth-order valence-electron chi connectivity index (χ4n) is 3.46. The molecule has 1 fully saturated rings. The van der Waals surface area contributed by atoms with Crippen molar-refractivity contribution >= 4 is 15.9 Å². The van der Waals surface area contributed by atoms with Crippen LogP contribution in [0.1, 0.15) is 35.4 Å². The van der Waals surface area contributed by atoms with E-state index in [1.165, 1.54) is 16.4 Å². The number of aromatic nitrogens is 2. The van der Waals surface area contributed by atoms with Gasteiger partial charge in [0.05, 0.1) is 5.69 Å². The Balaban J connectivity index is 1.31. The van der Waals surface area contributed by atoms with E-state index >= 15 is 0 Å². The molecule has 30 heavy (non-hydrogen) atoms. The maximum Gasteiger partial charge on any atom is 0.287 e. The van der Waals surface area contributed by atoms with E-state index in [9.17, 15) is 13.2 Å². The molecule has 1 aliphatic heterocycles. The van der Waals surface area contributed by atoms with E-state index in [0.717, 1.165) is 30.5 Å². The molecule has 2 aromatic heterocycles. The number of benzene rings is 1. The molecule has 0 radical (unpaired) electrons. The summed E-state index contributed by atoms with van der Waals surface area (Å²) in [6.45, 7) is 1.39. The smallest absolute Gasteiger partial charge is 0.287 e. The summed E-state index contributed by atoms with van der Waals surface area (Å²) in [7, 11) is -3.68. The van der Waals surface area contributed by atoms with Crippen LogP contribution in [0.2, 0.25) is 0 Å². The lowest BCUT2D eigenvalue weighted by Crippen LogP contribution is -2.35. The molecule has 4 rings (SSSR count). The Bertz CT molecular complexity index is 1080. The zero-order chi connectivity index (χ0) is 21.0. The van der Waals surface area contributed by atoms with Gasteiger partial charge >= 0.3 is 0 Å². The Kier molecular flexibility index (Phi) is 6.01. The molecule has 1 aromatic carbocycles. The normalized spacial score (nSPS) is 15.2. The molecule has 1 N–H and O–H groups in total. The first-order valence-corrected chi connectivity index (χ1v) is 11.5. The Morgan fingerprint density at radius 2 is 1.83 bits per heavy atom. The molecule has 3 aromatic rings. The second kappa shape index (κ2) is 8.85. The minimum Gasteiger partial charge on any atom is -0.438 e. The lowest BCUT2D eigenvalue weighted by molar-refractivity contribution is 0.0921. The van der Waals surface area contributed by atoms with Crippen molar-refractivity contribution in [2.75, 3.05) is 19.6 Å². The number of hydrogen-bond donors (Lipinski definition) is 1. The highest BCUT2D eigenvalue weighted by molar-refractivity contribution is 7.89. The Morgan fingerprint density at radius 3 is 2.53 bits per heavy atom. The van der Waals surface area contributed by atoms with Gasteiger partial charge < -0.3 is 9.73 Å². The monoisotopic (exact) mass is 428 g/mol. The van der Waals surface area contributed by atoms with E-state index in [4.69, 9.17) is 4.42 Å². The number of rotatable bonds is 7. The highest BCUT2D eigenvalue weighted by Gasteiger charge is 2.29. The van der Waals surface area contributed by atoms with Crippen LogP contribution in [0, 0.1) is 0 Å². The second-order valence-corrected chi connectivity index (χ2v) is 9.08. The van der Waals surface area contributed by atoms with Gasteiger partial charge in [-0.15, -0.1) is 0 Å². The number of amides is 1.